The van der Waals surface area contributed by atoms with E-state index in [9.17, 15) is 0 Å². The number of nitriles is 1. The van der Waals surface area contributed by atoms with Crippen molar-refractivity contribution in [2.24, 2.45) is 0 Å². The summed E-state index contributed by atoms with van der Waals surface area (Å²) in [5.41, 5.74) is 2.46. The zero-order chi connectivity index (χ0) is 14.8. The number of nitrogens with zero attached hydrogens (tertiary/aromatic N) is 2. The first-order valence-corrected chi connectivity index (χ1v) is 7.51. The second kappa shape index (κ2) is 5.51. The zero-order valence-electron chi connectivity index (χ0n) is 11.6. The van der Waals surface area contributed by atoms with Gasteiger partial charge in [0.2, 0.25) is 5.89 Å². The van der Waals surface area contributed by atoms with Crippen LogP contribution in [0.15, 0.2) is 45.7 Å². The quantitative estimate of drug-likeness (QED) is 0.681. The van der Waals surface area contributed by atoms with Crippen molar-refractivity contribution in [3.63, 3.8) is 0 Å². The molecule has 21 heavy (non-hydrogen) atoms. The summed E-state index contributed by atoms with van der Waals surface area (Å²) < 4.78 is 11.2. The summed E-state index contributed by atoms with van der Waals surface area (Å²) >= 11 is 1.63. The molecule has 5 heteroatoms. The number of hydrogen-bond donors (Lipinski definition) is 0. The lowest BCUT2D eigenvalue weighted by Gasteiger charge is -2.06. The number of rotatable bonds is 3. The highest BCUT2D eigenvalue weighted by Crippen LogP contribution is 2.35. The molecule has 0 N–H and O–H groups in total. The zero-order valence-corrected chi connectivity index (χ0v) is 12.4. The highest BCUT2D eigenvalue weighted by molar-refractivity contribution is 7.98. The Morgan fingerprint density at radius 1 is 1.29 bits per heavy atom. The van der Waals surface area contributed by atoms with Crippen LogP contribution in [0, 0.1) is 11.3 Å². The van der Waals surface area contributed by atoms with Gasteiger partial charge in [-0.05, 0) is 36.6 Å². The number of hydrogen-bond acceptors (Lipinski definition) is 5. The van der Waals surface area contributed by atoms with Crippen molar-refractivity contribution in [1.29, 1.82) is 5.26 Å². The van der Waals surface area contributed by atoms with E-state index >= 15 is 0 Å². The topological polar surface area (TPSA) is 59.0 Å². The van der Waals surface area contributed by atoms with E-state index in [0.717, 1.165) is 10.5 Å². The number of fused-ring (bicyclic) bond motifs is 1. The van der Waals surface area contributed by atoms with Crippen LogP contribution < -0.4 is 4.74 Å². The van der Waals surface area contributed by atoms with E-state index in [1.165, 1.54) is 0 Å². The van der Waals surface area contributed by atoms with Crippen molar-refractivity contribution in [1.82, 2.24) is 4.98 Å². The minimum Gasteiger partial charge on any atom is -0.496 e. The second-order valence-electron chi connectivity index (χ2n) is 4.35. The Morgan fingerprint density at radius 2 is 2.14 bits per heavy atom. The number of oxazole rings is 1. The Morgan fingerprint density at radius 3 is 2.86 bits per heavy atom. The van der Waals surface area contributed by atoms with Gasteiger partial charge in [0.15, 0.2) is 5.58 Å². The summed E-state index contributed by atoms with van der Waals surface area (Å²) in [6.07, 6.45) is 2.01. The smallest absolute Gasteiger partial charge is 0.231 e. The van der Waals surface area contributed by atoms with Crippen LogP contribution >= 0.6 is 11.8 Å². The van der Waals surface area contributed by atoms with Gasteiger partial charge in [-0.1, -0.05) is 6.07 Å². The Labute approximate surface area is 126 Å². The first-order valence-electron chi connectivity index (χ1n) is 6.29. The molecule has 0 radical (unpaired) electrons. The summed E-state index contributed by atoms with van der Waals surface area (Å²) in [5, 5.41) is 9.14. The molecule has 1 heterocycles. The summed E-state index contributed by atoms with van der Waals surface area (Å²) in [6, 6.07) is 13.3. The average molecular weight is 296 g/mol. The van der Waals surface area contributed by atoms with Crippen molar-refractivity contribution >= 4 is 22.9 Å². The summed E-state index contributed by atoms with van der Waals surface area (Å²) in [5.74, 6) is 1.15. The summed E-state index contributed by atoms with van der Waals surface area (Å²) in [6.45, 7) is 0. The third kappa shape index (κ3) is 2.34. The molecule has 0 spiro atoms. The van der Waals surface area contributed by atoms with Gasteiger partial charge in [0.1, 0.15) is 17.3 Å². The molecular formula is C16H12N2O2S. The molecule has 3 rings (SSSR count). The van der Waals surface area contributed by atoms with Gasteiger partial charge in [0.05, 0.1) is 18.2 Å². The van der Waals surface area contributed by atoms with Crippen LogP contribution in [0.4, 0.5) is 0 Å². The van der Waals surface area contributed by atoms with E-state index in [-0.39, 0.29) is 0 Å². The number of para-hydroxylation sites is 1. The van der Waals surface area contributed by atoms with E-state index in [1.54, 1.807) is 37.1 Å². The normalized spacial score (nSPS) is 10.5. The number of thioether (sulfide) groups is 1. The minimum absolute atomic E-state index is 0.459. The molecule has 0 unspecified atom stereocenters. The van der Waals surface area contributed by atoms with Crippen molar-refractivity contribution in [3.8, 4) is 23.3 Å². The van der Waals surface area contributed by atoms with Crippen LogP contribution in [0.25, 0.3) is 22.6 Å². The predicted molar refractivity (Wildman–Crippen MR) is 82.5 cm³/mol. The number of ether oxygens (including phenoxy) is 1. The van der Waals surface area contributed by atoms with Crippen LogP contribution in [0.1, 0.15) is 5.56 Å². The SMILES string of the molecule is COc1ccc(SC)cc1-c1nc2c(C#N)cccc2o1. The highest BCUT2D eigenvalue weighted by atomic mass is 32.2. The van der Waals surface area contributed by atoms with Gasteiger partial charge in [0, 0.05) is 4.90 Å². The van der Waals surface area contributed by atoms with Crippen molar-refractivity contribution in [3.05, 3.63) is 42.0 Å². The van der Waals surface area contributed by atoms with E-state index in [2.05, 4.69) is 11.1 Å². The molecule has 0 aliphatic rings. The minimum atomic E-state index is 0.459. The Bertz CT molecular complexity index is 849. The highest BCUT2D eigenvalue weighted by Gasteiger charge is 2.15. The van der Waals surface area contributed by atoms with Gasteiger partial charge < -0.3 is 9.15 Å². The van der Waals surface area contributed by atoms with E-state index in [0.29, 0.717) is 28.3 Å². The molecule has 0 saturated carbocycles. The molecule has 3 aromatic rings. The van der Waals surface area contributed by atoms with Crippen LogP contribution in [0.2, 0.25) is 0 Å². The number of aromatic nitrogens is 1. The molecule has 0 saturated heterocycles. The van der Waals surface area contributed by atoms with Gasteiger partial charge in [-0.3, -0.25) is 0 Å². The Hall–Kier alpha value is -2.45. The molecular weight excluding hydrogens is 284 g/mol. The lowest BCUT2D eigenvalue weighted by molar-refractivity contribution is 0.414. The van der Waals surface area contributed by atoms with Gasteiger partial charge in [0.25, 0.3) is 0 Å². The maximum absolute atomic E-state index is 9.14. The van der Waals surface area contributed by atoms with Gasteiger partial charge >= 0.3 is 0 Å². The fourth-order valence-corrected chi connectivity index (χ4v) is 2.57. The molecule has 1 aromatic heterocycles. The van der Waals surface area contributed by atoms with Crippen molar-refractivity contribution in [2.75, 3.05) is 13.4 Å². The lowest BCUT2D eigenvalue weighted by atomic mass is 10.2. The number of benzene rings is 2. The van der Waals surface area contributed by atoms with Crippen LogP contribution in [-0.4, -0.2) is 18.3 Å². The molecule has 0 bridgehead atoms. The Balaban J connectivity index is 2.23. The van der Waals surface area contributed by atoms with Crippen LogP contribution in [-0.2, 0) is 0 Å². The third-order valence-corrected chi connectivity index (χ3v) is 3.90. The van der Waals surface area contributed by atoms with E-state index in [4.69, 9.17) is 14.4 Å². The predicted octanol–water partition coefficient (Wildman–Crippen LogP) is 4.10. The van der Waals surface area contributed by atoms with Gasteiger partial charge in [-0.2, -0.15) is 5.26 Å². The standard InChI is InChI=1S/C16H12N2O2S/c1-19-13-7-6-11(21-2)8-12(13)16-18-15-10(9-17)4-3-5-14(15)20-16/h3-8H,1-2H3. The number of methoxy groups -OCH3 is 1. The fourth-order valence-electron chi connectivity index (χ4n) is 2.14. The Kier molecular flexibility index (Phi) is 3.55. The van der Waals surface area contributed by atoms with E-state index < -0.39 is 0 Å². The molecule has 0 fully saturated rings. The molecule has 0 atom stereocenters. The third-order valence-electron chi connectivity index (χ3n) is 3.18. The molecule has 0 aliphatic heterocycles. The van der Waals surface area contributed by atoms with Crippen molar-refractivity contribution in [2.45, 2.75) is 4.90 Å². The monoisotopic (exact) mass is 296 g/mol. The lowest BCUT2D eigenvalue weighted by Crippen LogP contribution is -1.88. The molecule has 2 aromatic carbocycles. The molecule has 104 valence electrons. The second-order valence-corrected chi connectivity index (χ2v) is 5.23. The molecule has 0 amide bonds. The van der Waals surface area contributed by atoms with E-state index in [1.807, 2.05) is 24.5 Å². The largest absolute Gasteiger partial charge is 0.496 e. The first kappa shape index (κ1) is 13.5. The maximum Gasteiger partial charge on any atom is 0.231 e. The molecule has 4 nitrogen and oxygen atoms in total. The average Bonchev–Trinajstić information content (AvgIpc) is 2.98. The summed E-state index contributed by atoms with van der Waals surface area (Å²) in [4.78, 5) is 5.55. The van der Waals surface area contributed by atoms with Crippen LogP contribution in [0.3, 0.4) is 0 Å². The first-order chi connectivity index (χ1) is 10.3. The van der Waals surface area contributed by atoms with Gasteiger partial charge in [-0.15, -0.1) is 11.8 Å². The van der Waals surface area contributed by atoms with Gasteiger partial charge in [-0.25, -0.2) is 4.98 Å². The molecule has 0 aliphatic carbocycles. The maximum atomic E-state index is 9.14. The van der Waals surface area contributed by atoms with Crippen molar-refractivity contribution < 1.29 is 9.15 Å². The summed E-state index contributed by atoms with van der Waals surface area (Å²) in [7, 11) is 1.61. The fraction of sp³-hybridized carbons (Fsp3) is 0.125. The van der Waals surface area contributed by atoms with Crippen LogP contribution in [0.5, 0.6) is 5.75 Å².